The summed E-state index contributed by atoms with van der Waals surface area (Å²) in [6.07, 6.45) is 5.45. The molecule has 1 aromatic rings. The third-order valence-corrected chi connectivity index (χ3v) is 4.29. The van der Waals surface area contributed by atoms with Crippen LogP contribution in [0.5, 0.6) is 0 Å². The van der Waals surface area contributed by atoms with Crippen molar-refractivity contribution in [3.05, 3.63) is 35.9 Å². The Hall–Kier alpha value is -0.860. The van der Waals surface area contributed by atoms with Gasteiger partial charge in [0.1, 0.15) is 0 Å². The first kappa shape index (κ1) is 16.5. The maximum absolute atomic E-state index is 6.31. The fourth-order valence-electron chi connectivity index (χ4n) is 2.83. The Labute approximate surface area is 130 Å². The molecule has 1 aliphatic carbocycles. The molecule has 2 nitrogen and oxygen atoms in total. The predicted molar refractivity (Wildman–Crippen MR) is 89.4 cm³/mol. The molecule has 1 aromatic carbocycles. The molecule has 0 heterocycles. The van der Waals surface area contributed by atoms with Gasteiger partial charge in [-0.2, -0.15) is 0 Å². The number of ether oxygens (including phenoxy) is 1. The first-order chi connectivity index (χ1) is 10.2. The summed E-state index contributed by atoms with van der Waals surface area (Å²) in [6.45, 7) is 8.70. The lowest BCUT2D eigenvalue weighted by molar-refractivity contribution is -0.00689. The second kappa shape index (κ2) is 8.55. The Morgan fingerprint density at radius 1 is 1.19 bits per heavy atom. The van der Waals surface area contributed by atoms with Crippen LogP contribution in [0.3, 0.4) is 0 Å². The monoisotopic (exact) mass is 289 g/mol. The highest BCUT2D eigenvalue weighted by Crippen LogP contribution is 2.33. The minimum atomic E-state index is 0.248. The second-order valence-corrected chi connectivity index (χ2v) is 6.65. The van der Waals surface area contributed by atoms with E-state index in [2.05, 4.69) is 56.4 Å². The van der Waals surface area contributed by atoms with Crippen molar-refractivity contribution in [3.8, 4) is 0 Å². The van der Waals surface area contributed by atoms with Crippen LogP contribution < -0.4 is 5.32 Å². The molecule has 2 rings (SSSR count). The van der Waals surface area contributed by atoms with Crippen LogP contribution in [0.4, 0.5) is 0 Å². The molecule has 1 saturated carbocycles. The average Bonchev–Trinajstić information content (AvgIpc) is 3.30. The second-order valence-electron chi connectivity index (χ2n) is 6.65. The number of nitrogens with one attached hydrogen (secondary N) is 1. The summed E-state index contributed by atoms with van der Waals surface area (Å²) in [4.78, 5) is 0. The molecule has 1 N–H and O–H groups in total. The number of rotatable bonds is 10. The largest absolute Gasteiger partial charge is 0.376 e. The van der Waals surface area contributed by atoms with E-state index in [4.69, 9.17) is 4.74 Å². The molecule has 0 bridgehead atoms. The van der Waals surface area contributed by atoms with Gasteiger partial charge in [-0.3, -0.25) is 0 Å². The highest BCUT2D eigenvalue weighted by molar-refractivity contribution is 5.20. The molecule has 21 heavy (non-hydrogen) atoms. The van der Waals surface area contributed by atoms with Crippen LogP contribution in [0, 0.1) is 11.8 Å². The van der Waals surface area contributed by atoms with Crippen molar-refractivity contribution in [1.29, 1.82) is 0 Å². The molecule has 2 atom stereocenters. The van der Waals surface area contributed by atoms with E-state index in [9.17, 15) is 0 Å². The fraction of sp³-hybridized carbons (Fsp3) is 0.684. The maximum atomic E-state index is 6.31. The molecule has 0 radical (unpaired) electrons. The third kappa shape index (κ3) is 5.44. The molecular weight excluding hydrogens is 258 g/mol. The maximum Gasteiger partial charge on any atom is 0.0792 e. The van der Waals surface area contributed by atoms with Crippen LogP contribution >= 0.6 is 0 Å². The molecule has 0 amide bonds. The fourth-order valence-corrected chi connectivity index (χ4v) is 2.83. The smallest absolute Gasteiger partial charge is 0.0792 e. The van der Waals surface area contributed by atoms with Gasteiger partial charge in [0.2, 0.25) is 0 Å². The first-order valence-corrected chi connectivity index (χ1v) is 8.62. The number of hydrogen-bond acceptors (Lipinski definition) is 2. The molecule has 2 unspecified atom stereocenters. The van der Waals surface area contributed by atoms with Gasteiger partial charge in [-0.1, -0.05) is 63.9 Å². The van der Waals surface area contributed by atoms with Gasteiger partial charge in [0.05, 0.1) is 12.1 Å². The van der Waals surface area contributed by atoms with Gasteiger partial charge >= 0.3 is 0 Å². The molecule has 0 spiro atoms. The topological polar surface area (TPSA) is 21.3 Å². The Bertz CT molecular complexity index is 386. The van der Waals surface area contributed by atoms with Gasteiger partial charge in [0.15, 0.2) is 0 Å². The van der Waals surface area contributed by atoms with E-state index in [0.717, 1.165) is 25.5 Å². The SMILES string of the molecule is CCCNC(c1ccccc1)C(OCCC1CC1)C(C)C. The molecule has 0 saturated heterocycles. The molecule has 0 aromatic heterocycles. The molecule has 1 fully saturated rings. The highest BCUT2D eigenvalue weighted by Gasteiger charge is 2.27. The van der Waals surface area contributed by atoms with Crippen molar-refractivity contribution in [1.82, 2.24) is 5.32 Å². The van der Waals surface area contributed by atoms with Crippen LogP contribution in [0.1, 0.15) is 58.1 Å². The lowest BCUT2D eigenvalue weighted by atomic mass is 9.93. The minimum absolute atomic E-state index is 0.248. The lowest BCUT2D eigenvalue weighted by Gasteiger charge is -2.31. The van der Waals surface area contributed by atoms with Crippen molar-refractivity contribution in [2.75, 3.05) is 13.2 Å². The normalized spacial score (nSPS) is 17.9. The van der Waals surface area contributed by atoms with Gasteiger partial charge in [0, 0.05) is 6.61 Å². The number of hydrogen-bond donors (Lipinski definition) is 1. The molecule has 2 heteroatoms. The summed E-state index contributed by atoms with van der Waals surface area (Å²) in [5, 5.41) is 3.70. The van der Waals surface area contributed by atoms with Crippen LogP contribution in [-0.4, -0.2) is 19.3 Å². The Morgan fingerprint density at radius 3 is 2.48 bits per heavy atom. The van der Waals surface area contributed by atoms with E-state index in [1.54, 1.807) is 0 Å². The van der Waals surface area contributed by atoms with E-state index in [1.807, 2.05) is 0 Å². The van der Waals surface area contributed by atoms with Crippen LogP contribution in [0.15, 0.2) is 30.3 Å². The zero-order valence-electron chi connectivity index (χ0n) is 13.8. The summed E-state index contributed by atoms with van der Waals surface area (Å²) in [7, 11) is 0. The van der Waals surface area contributed by atoms with Gasteiger partial charge in [0.25, 0.3) is 0 Å². The standard InChI is InChI=1S/C19H31NO/c1-4-13-20-18(17-8-6-5-7-9-17)19(15(2)3)21-14-12-16-10-11-16/h5-9,15-16,18-20H,4,10-14H2,1-3H3. The van der Waals surface area contributed by atoms with Gasteiger partial charge < -0.3 is 10.1 Å². The zero-order valence-corrected chi connectivity index (χ0v) is 13.8. The summed E-state index contributed by atoms with van der Waals surface area (Å²) in [6, 6.07) is 11.1. The van der Waals surface area contributed by atoms with Crippen molar-refractivity contribution < 1.29 is 4.74 Å². The van der Waals surface area contributed by atoms with Crippen LogP contribution in [0.25, 0.3) is 0 Å². The quantitative estimate of drug-likeness (QED) is 0.681. The summed E-state index contributed by atoms with van der Waals surface area (Å²) in [5.41, 5.74) is 1.34. The molecule has 118 valence electrons. The van der Waals surface area contributed by atoms with Crippen LogP contribution in [-0.2, 0) is 4.74 Å². The van der Waals surface area contributed by atoms with Gasteiger partial charge in [-0.15, -0.1) is 0 Å². The molecule has 0 aliphatic heterocycles. The molecule has 1 aliphatic rings. The third-order valence-electron chi connectivity index (χ3n) is 4.29. The molecular formula is C19H31NO. The number of benzene rings is 1. The van der Waals surface area contributed by atoms with E-state index >= 15 is 0 Å². The highest BCUT2D eigenvalue weighted by atomic mass is 16.5. The summed E-state index contributed by atoms with van der Waals surface area (Å²) >= 11 is 0. The zero-order chi connectivity index (χ0) is 15.1. The predicted octanol–water partition coefficient (Wildman–Crippen LogP) is 4.57. The van der Waals surface area contributed by atoms with Gasteiger partial charge in [-0.05, 0) is 36.8 Å². The van der Waals surface area contributed by atoms with Crippen molar-refractivity contribution in [2.24, 2.45) is 11.8 Å². The van der Waals surface area contributed by atoms with E-state index < -0.39 is 0 Å². The minimum Gasteiger partial charge on any atom is -0.376 e. The van der Waals surface area contributed by atoms with Crippen molar-refractivity contribution >= 4 is 0 Å². The Kier molecular flexibility index (Phi) is 6.72. The average molecular weight is 289 g/mol. The Morgan fingerprint density at radius 2 is 1.90 bits per heavy atom. The van der Waals surface area contributed by atoms with Gasteiger partial charge in [-0.25, -0.2) is 0 Å². The van der Waals surface area contributed by atoms with E-state index in [0.29, 0.717) is 12.0 Å². The van der Waals surface area contributed by atoms with E-state index in [1.165, 1.54) is 24.8 Å². The van der Waals surface area contributed by atoms with Crippen molar-refractivity contribution in [3.63, 3.8) is 0 Å². The summed E-state index contributed by atoms with van der Waals surface area (Å²) < 4.78 is 6.31. The van der Waals surface area contributed by atoms with Crippen molar-refractivity contribution in [2.45, 2.75) is 58.6 Å². The Balaban J connectivity index is 2.01. The van der Waals surface area contributed by atoms with Crippen LogP contribution in [0.2, 0.25) is 0 Å². The van der Waals surface area contributed by atoms with E-state index in [-0.39, 0.29) is 6.10 Å². The lowest BCUT2D eigenvalue weighted by Crippen LogP contribution is -2.38. The summed E-state index contributed by atoms with van der Waals surface area (Å²) in [5.74, 6) is 1.45. The first-order valence-electron chi connectivity index (χ1n) is 8.62.